The third-order valence-electron chi connectivity index (χ3n) is 6.87. The molecule has 3 N–H and O–H groups in total. The first-order valence-corrected chi connectivity index (χ1v) is 12.5. The number of allylic oxidation sites excluding steroid dienone is 2. The van der Waals surface area contributed by atoms with E-state index in [0.717, 1.165) is 11.1 Å². The average Bonchev–Trinajstić information content (AvgIpc) is 2.98. The molecule has 1 aliphatic heterocycles. The number of para-hydroxylation sites is 1. The van der Waals surface area contributed by atoms with Gasteiger partial charge in [0, 0.05) is 18.2 Å². The highest BCUT2D eigenvalue weighted by atomic mass is 16.2. The van der Waals surface area contributed by atoms with Crippen LogP contribution in [0.5, 0.6) is 0 Å². The molecule has 0 spiro atoms. The summed E-state index contributed by atoms with van der Waals surface area (Å²) in [4.78, 5) is 46.6. The summed E-state index contributed by atoms with van der Waals surface area (Å²) in [5, 5.41) is 2.86. The van der Waals surface area contributed by atoms with Crippen molar-refractivity contribution in [3.05, 3.63) is 91.0 Å². The zero-order chi connectivity index (χ0) is 27.2. The fourth-order valence-corrected chi connectivity index (χ4v) is 4.99. The smallest absolute Gasteiger partial charge is 0.272 e. The van der Waals surface area contributed by atoms with E-state index in [0.29, 0.717) is 17.8 Å². The largest absolute Gasteiger partial charge is 0.369 e. The summed E-state index contributed by atoms with van der Waals surface area (Å²) >= 11 is 0. The lowest BCUT2D eigenvalue weighted by Crippen LogP contribution is -2.54. The maximum Gasteiger partial charge on any atom is 0.272 e. The van der Waals surface area contributed by atoms with Crippen LogP contribution in [0.2, 0.25) is 0 Å². The first-order valence-electron chi connectivity index (χ1n) is 12.5. The predicted molar refractivity (Wildman–Crippen MR) is 148 cm³/mol. The van der Waals surface area contributed by atoms with Gasteiger partial charge in [-0.25, -0.2) is 4.99 Å². The number of carbonyl (C=O) groups excluding carboxylic acids is 3. The van der Waals surface area contributed by atoms with Gasteiger partial charge in [-0.05, 0) is 31.2 Å². The third kappa shape index (κ3) is 5.71. The molecule has 3 rings (SSSR count). The highest BCUT2D eigenvalue weighted by Crippen LogP contribution is 2.40. The minimum Gasteiger partial charge on any atom is -0.369 e. The van der Waals surface area contributed by atoms with Gasteiger partial charge >= 0.3 is 0 Å². The number of rotatable bonds is 11. The summed E-state index contributed by atoms with van der Waals surface area (Å²) in [7, 11) is 1.67. The van der Waals surface area contributed by atoms with Crippen LogP contribution in [0, 0.1) is 17.3 Å². The van der Waals surface area contributed by atoms with Crippen LogP contribution in [-0.4, -0.2) is 36.6 Å². The summed E-state index contributed by atoms with van der Waals surface area (Å²) in [6.07, 6.45) is 2.82. The Morgan fingerprint density at radius 2 is 1.68 bits per heavy atom. The molecule has 0 aliphatic carbocycles. The molecule has 7 heteroatoms. The molecule has 0 unspecified atom stereocenters. The fraction of sp³-hybridized carbons (Fsp3) is 0.333. The van der Waals surface area contributed by atoms with Gasteiger partial charge in [-0.15, -0.1) is 13.2 Å². The van der Waals surface area contributed by atoms with Gasteiger partial charge in [-0.1, -0.05) is 74.5 Å². The van der Waals surface area contributed by atoms with Crippen molar-refractivity contribution in [2.75, 3.05) is 11.9 Å². The molecule has 0 bridgehead atoms. The summed E-state index contributed by atoms with van der Waals surface area (Å²) in [6.45, 7) is 11.5. The molecule has 0 aromatic heterocycles. The van der Waals surface area contributed by atoms with E-state index < -0.39 is 29.3 Å². The molecular formula is C30H36N4O3. The third-order valence-corrected chi connectivity index (χ3v) is 6.87. The highest BCUT2D eigenvalue weighted by Gasteiger charge is 2.47. The lowest BCUT2D eigenvalue weighted by Gasteiger charge is -2.37. The minimum atomic E-state index is -1.22. The lowest BCUT2D eigenvalue weighted by atomic mass is 9.66. The van der Waals surface area contributed by atoms with Crippen LogP contribution < -0.4 is 16.0 Å². The van der Waals surface area contributed by atoms with Crippen LogP contribution in [0.4, 0.5) is 5.69 Å². The second-order valence-electron chi connectivity index (χ2n) is 9.86. The number of anilines is 1. The monoisotopic (exact) mass is 500 g/mol. The van der Waals surface area contributed by atoms with Crippen molar-refractivity contribution in [2.45, 2.75) is 39.3 Å². The van der Waals surface area contributed by atoms with E-state index in [1.165, 1.54) is 4.90 Å². The van der Waals surface area contributed by atoms with Gasteiger partial charge in [0.15, 0.2) is 0 Å². The molecule has 0 saturated heterocycles. The Balaban J connectivity index is 2.10. The average molecular weight is 501 g/mol. The maximum atomic E-state index is 13.9. The molecule has 0 fully saturated rings. The summed E-state index contributed by atoms with van der Waals surface area (Å²) in [5.74, 6) is -2.15. The number of nitrogens with one attached hydrogen (secondary N) is 1. The second kappa shape index (κ2) is 11.8. The molecule has 194 valence electrons. The summed E-state index contributed by atoms with van der Waals surface area (Å²) in [5.41, 5.74) is 7.58. The first-order chi connectivity index (χ1) is 17.7. The van der Waals surface area contributed by atoms with E-state index in [2.05, 4.69) is 18.5 Å². The number of benzodiazepines with no additional fused rings is 1. The molecule has 1 aliphatic rings. The van der Waals surface area contributed by atoms with Gasteiger partial charge < -0.3 is 16.0 Å². The van der Waals surface area contributed by atoms with Crippen molar-refractivity contribution in [3.8, 4) is 0 Å². The van der Waals surface area contributed by atoms with Crippen molar-refractivity contribution in [2.24, 2.45) is 28.0 Å². The number of hydrogen-bond donors (Lipinski definition) is 2. The van der Waals surface area contributed by atoms with Crippen molar-refractivity contribution in [3.63, 3.8) is 0 Å². The zero-order valence-electron chi connectivity index (χ0n) is 21.8. The van der Waals surface area contributed by atoms with Crippen molar-refractivity contribution in [1.29, 1.82) is 0 Å². The van der Waals surface area contributed by atoms with Gasteiger partial charge in [0.2, 0.25) is 18.0 Å². The van der Waals surface area contributed by atoms with Crippen LogP contribution in [-0.2, 0) is 14.4 Å². The minimum absolute atomic E-state index is 0.0873. The normalized spacial score (nSPS) is 16.3. The van der Waals surface area contributed by atoms with E-state index in [9.17, 15) is 14.4 Å². The van der Waals surface area contributed by atoms with E-state index in [4.69, 9.17) is 10.7 Å². The maximum absolute atomic E-state index is 13.9. The van der Waals surface area contributed by atoms with Crippen molar-refractivity contribution < 1.29 is 14.4 Å². The Kier molecular flexibility index (Phi) is 8.81. The van der Waals surface area contributed by atoms with Gasteiger partial charge in [-0.2, -0.15) is 0 Å². The number of aliphatic imine (C=N–C) groups is 1. The Hall–Kier alpha value is -4.00. The predicted octanol–water partition coefficient (Wildman–Crippen LogP) is 4.23. The highest BCUT2D eigenvalue weighted by molar-refractivity contribution is 6.20. The number of primary amides is 1. The number of benzene rings is 2. The van der Waals surface area contributed by atoms with Gasteiger partial charge in [0.05, 0.1) is 22.7 Å². The van der Waals surface area contributed by atoms with E-state index in [-0.39, 0.29) is 24.7 Å². The van der Waals surface area contributed by atoms with Crippen LogP contribution in [0.25, 0.3) is 0 Å². The van der Waals surface area contributed by atoms with Gasteiger partial charge in [0.1, 0.15) is 0 Å². The van der Waals surface area contributed by atoms with Crippen LogP contribution in [0.1, 0.15) is 44.2 Å². The zero-order valence-corrected chi connectivity index (χ0v) is 21.8. The number of likely N-dealkylation sites (N-methyl/N-ethyl adjacent to an activating group) is 1. The van der Waals surface area contributed by atoms with Crippen LogP contribution in [0.15, 0.2) is 84.9 Å². The number of nitrogens with two attached hydrogens (primary N) is 1. The van der Waals surface area contributed by atoms with Crippen molar-refractivity contribution in [1.82, 2.24) is 5.32 Å². The number of fused-ring (bicyclic) bond motifs is 1. The Labute approximate surface area is 219 Å². The Morgan fingerprint density at radius 3 is 2.24 bits per heavy atom. The lowest BCUT2D eigenvalue weighted by molar-refractivity contribution is -0.142. The van der Waals surface area contributed by atoms with E-state index >= 15 is 0 Å². The molecule has 0 saturated carbocycles. The van der Waals surface area contributed by atoms with Crippen molar-refractivity contribution >= 4 is 29.1 Å². The Morgan fingerprint density at radius 1 is 1.08 bits per heavy atom. The quantitative estimate of drug-likeness (QED) is 0.451. The van der Waals surface area contributed by atoms with Crippen LogP contribution >= 0.6 is 0 Å². The molecule has 7 nitrogen and oxygen atoms in total. The number of nitrogens with zero attached hydrogens (tertiary/aromatic N) is 2. The molecule has 2 atom stereocenters. The summed E-state index contributed by atoms with van der Waals surface area (Å²) < 4.78 is 0. The molecular weight excluding hydrogens is 464 g/mol. The fourth-order valence-electron chi connectivity index (χ4n) is 4.99. The molecule has 37 heavy (non-hydrogen) atoms. The molecule has 0 radical (unpaired) electrons. The second-order valence-corrected chi connectivity index (χ2v) is 9.86. The Bertz CT molecular complexity index is 1190. The first kappa shape index (κ1) is 27.6. The van der Waals surface area contributed by atoms with Crippen LogP contribution in [0.3, 0.4) is 0 Å². The number of hydrogen-bond acceptors (Lipinski definition) is 4. The van der Waals surface area contributed by atoms with E-state index in [1.807, 2.05) is 68.4 Å². The van der Waals surface area contributed by atoms with Gasteiger partial charge in [-0.3, -0.25) is 14.4 Å². The standard InChI is InChI=1S/C30H36N4O3/c1-6-17-30(18-7-2,29(31)37)23(19-20(3)4)27(35)33-26-28(36)34(5)24-16-12-11-15-22(24)25(32-26)21-13-9-8-10-14-21/h6-16,20,23,26H,1-2,17-19H2,3-5H3,(H2,31,37)(H,33,35)/t23-,26+/m0/s1. The number of carbonyl (C=O) groups is 3. The molecule has 1 heterocycles. The van der Waals surface area contributed by atoms with Gasteiger partial charge in [0.25, 0.3) is 5.91 Å². The number of amides is 3. The summed E-state index contributed by atoms with van der Waals surface area (Å²) in [6, 6.07) is 17.0. The topological polar surface area (TPSA) is 105 Å². The SMILES string of the molecule is C=CCC(CC=C)(C(N)=O)[C@@H](CC(C)C)C(=O)N[C@H]1N=C(c2ccccc2)c2ccccc2N(C)C1=O. The molecule has 2 aromatic rings. The molecule has 3 amide bonds. The molecule has 2 aromatic carbocycles. The van der Waals surface area contributed by atoms with E-state index in [1.54, 1.807) is 19.2 Å².